The number of likely N-dealkylation sites (tertiary alicyclic amines) is 1. The molecule has 3 heteroatoms. The lowest BCUT2D eigenvalue weighted by Gasteiger charge is -2.29. The molecule has 0 aliphatic carbocycles. The molecular formula is C14H20N2O. The maximum atomic E-state index is 12.2. The van der Waals surface area contributed by atoms with E-state index in [1.165, 1.54) is 6.42 Å². The zero-order chi connectivity index (χ0) is 12.1. The van der Waals surface area contributed by atoms with Crippen LogP contribution in [-0.4, -0.2) is 29.9 Å². The summed E-state index contributed by atoms with van der Waals surface area (Å²) >= 11 is 0. The second-order valence-corrected chi connectivity index (χ2v) is 4.62. The molecule has 0 unspecified atom stereocenters. The van der Waals surface area contributed by atoms with Gasteiger partial charge in [0.15, 0.2) is 0 Å². The topological polar surface area (TPSA) is 32.3 Å². The molecule has 0 radical (unpaired) electrons. The van der Waals surface area contributed by atoms with E-state index in [-0.39, 0.29) is 11.9 Å². The van der Waals surface area contributed by atoms with Gasteiger partial charge in [-0.05, 0) is 38.3 Å². The molecule has 1 atom stereocenters. The summed E-state index contributed by atoms with van der Waals surface area (Å²) in [5, 5.41) is 3.25. The summed E-state index contributed by atoms with van der Waals surface area (Å²) in [5.41, 5.74) is 1.00. The molecule has 1 N–H and O–H groups in total. The number of para-hydroxylation sites is 1. The summed E-state index contributed by atoms with van der Waals surface area (Å²) < 4.78 is 0. The first-order chi connectivity index (χ1) is 8.27. The minimum Gasteiger partial charge on any atom is -0.374 e. The molecule has 0 spiro atoms. The van der Waals surface area contributed by atoms with Crippen molar-refractivity contribution in [3.63, 3.8) is 0 Å². The Kier molecular flexibility index (Phi) is 4.02. The molecule has 1 fully saturated rings. The first kappa shape index (κ1) is 12.0. The van der Waals surface area contributed by atoms with Crippen molar-refractivity contribution in [1.29, 1.82) is 0 Å². The van der Waals surface area contributed by atoms with E-state index in [2.05, 4.69) is 5.32 Å². The summed E-state index contributed by atoms with van der Waals surface area (Å²) in [7, 11) is 0. The molecule has 1 amide bonds. The molecule has 92 valence electrons. The van der Waals surface area contributed by atoms with E-state index in [0.717, 1.165) is 31.6 Å². The first-order valence-electron chi connectivity index (χ1n) is 6.38. The van der Waals surface area contributed by atoms with E-state index in [1.807, 2.05) is 42.2 Å². The molecule has 1 aromatic rings. The molecule has 17 heavy (non-hydrogen) atoms. The van der Waals surface area contributed by atoms with E-state index in [1.54, 1.807) is 0 Å². The minimum atomic E-state index is -0.143. The van der Waals surface area contributed by atoms with Crippen LogP contribution in [0, 0.1) is 0 Å². The third-order valence-electron chi connectivity index (χ3n) is 3.20. The lowest BCUT2D eigenvalue weighted by atomic mass is 10.1. The number of amides is 1. The average molecular weight is 232 g/mol. The van der Waals surface area contributed by atoms with E-state index in [4.69, 9.17) is 0 Å². The van der Waals surface area contributed by atoms with Crippen molar-refractivity contribution in [2.24, 2.45) is 0 Å². The Morgan fingerprint density at radius 2 is 1.82 bits per heavy atom. The summed E-state index contributed by atoms with van der Waals surface area (Å²) in [6.45, 7) is 3.77. The van der Waals surface area contributed by atoms with Gasteiger partial charge in [-0.25, -0.2) is 0 Å². The van der Waals surface area contributed by atoms with Crippen molar-refractivity contribution < 1.29 is 4.79 Å². The van der Waals surface area contributed by atoms with Crippen LogP contribution in [0.15, 0.2) is 30.3 Å². The molecule has 0 saturated carbocycles. The molecule has 0 aromatic heterocycles. The molecule has 1 aliphatic heterocycles. The van der Waals surface area contributed by atoms with Crippen LogP contribution in [0.25, 0.3) is 0 Å². The van der Waals surface area contributed by atoms with E-state index >= 15 is 0 Å². The van der Waals surface area contributed by atoms with Gasteiger partial charge in [0.25, 0.3) is 0 Å². The predicted molar refractivity (Wildman–Crippen MR) is 70.0 cm³/mol. The van der Waals surface area contributed by atoms with Crippen LogP contribution in [0.1, 0.15) is 26.2 Å². The zero-order valence-electron chi connectivity index (χ0n) is 10.4. The second kappa shape index (κ2) is 5.71. The third kappa shape index (κ3) is 3.22. The summed E-state index contributed by atoms with van der Waals surface area (Å²) in [6.07, 6.45) is 3.54. The van der Waals surface area contributed by atoms with Crippen LogP contribution in [-0.2, 0) is 4.79 Å². The van der Waals surface area contributed by atoms with Crippen LogP contribution in [0.4, 0.5) is 5.69 Å². The quantitative estimate of drug-likeness (QED) is 0.868. The number of benzene rings is 1. The largest absolute Gasteiger partial charge is 0.374 e. The molecular weight excluding hydrogens is 212 g/mol. The minimum absolute atomic E-state index is 0.143. The number of carbonyl (C=O) groups excluding carboxylic acids is 1. The van der Waals surface area contributed by atoms with Crippen LogP contribution in [0.2, 0.25) is 0 Å². The first-order valence-corrected chi connectivity index (χ1v) is 6.38. The van der Waals surface area contributed by atoms with Crippen molar-refractivity contribution in [3.8, 4) is 0 Å². The van der Waals surface area contributed by atoms with Gasteiger partial charge < -0.3 is 10.2 Å². The van der Waals surface area contributed by atoms with Crippen molar-refractivity contribution >= 4 is 11.6 Å². The molecule has 1 aromatic carbocycles. The normalized spacial score (nSPS) is 17.6. The smallest absolute Gasteiger partial charge is 0.244 e. The Hall–Kier alpha value is -1.51. The number of nitrogens with one attached hydrogen (secondary N) is 1. The lowest BCUT2D eigenvalue weighted by Crippen LogP contribution is -2.43. The number of anilines is 1. The fourth-order valence-corrected chi connectivity index (χ4v) is 2.23. The Morgan fingerprint density at radius 1 is 1.18 bits per heavy atom. The van der Waals surface area contributed by atoms with E-state index in [0.29, 0.717) is 0 Å². The van der Waals surface area contributed by atoms with Crippen LogP contribution < -0.4 is 5.32 Å². The molecule has 0 bridgehead atoms. The Bertz CT molecular complexity index is 358. The zero-order valence-corrected chi connectivity index (χ0v) is 10.4. The van der Waals surface area contributed by atoms with Gasteiger partial charge in [0.05, 0.1) is 0 Å². The molecule has 2 rings (SSSR count). The number of carbonyl (C=O) groups is 1. The molecule has 1 aliphatic rings. The van der Waals surface area contributed by atoms with Crippen LogP contribution in [0.3, 0.4) is 0 Å². The molecule has 1 heterocycles. The fraction of sp³-hybridized carbons (Fsp3) is 0.500. The third-order valence-corrected chi connectivity index (χ3v) is 3.20. The fourth-order valence-electron chi connectivity index (χ4n) is 2.23. The Labute approximate surface area is 103 Å². The maximum Gasteiger partial charge on any atom is 0.244 e. The van der Waals surface area contributed by atoms with Crippen LogP contribution >= 0.6 is 0 Å². The van der Waals surface area contributed by atoms with E-state index < -0.39 is 0 Å². The summed E-state index contributed by atoms with van der Waals surface area (Å²) in [6, 6.07) is 9.75. The average Bonchev–Trinajstić information content (AvgIpc) is 2.40. The number of hydrogen-bond acceptors (Lipinski definition) is 2. The standard InChI is InChI=1S/C14H20N2O/c1-12(15-13-8-4-2-5-9-13)14(17)16-10-6-3-7-11-16/h2,4-5,8-9,12,15H,3,6-7,10-11H2,1H3/t12-/m1/s1. The number of piperidine rings is 1. The second-order valence-electron chi connectivity index (χ2n) is 4.62. The van der Waals surface area contributed by atoms with E-state index in [9.17, 15) is 4.79 Å². The number of hydrogen-bond donors (Lipinski definition) is 1. The molecule has 3 nitrogen and oxygen atoms in total. The highest BCUT2D eigenvalue weighted by Gasteiger charge is 2.21. The van der Waals surface area contributed by atoms with Gasteiger partial charge >= 0.3 is 0 Å². The number of rotatable bonds is 3. The highest BCUT2D eigenvalue weighted by molar-refractivity contribution is 5.84. The highest BCUT2D eigenvalue weighted by atomic mass is 16.2. The van der Waals surface area contributed by atoms with Gasteiger partial charge in [0, 0.05) is 18.8 Å². The monoisotopic (exact) mass is 232 g/mol. The van der Waals surface area contributed by atoms with Crippen molar-refractivity contribution in [2.75, 3.05) is 18.4 Å². The Morgan fingerprint density at radius 3 is 2.47 bits per heavy atom. The summed E-state index contributed by atoms with van der Waals surface area (Å²) in [5.74, 6) is 0.216. The highest BCUT2D eigenvalue weighted by Crippen LogP contribution is 2.12. The maximum absolute atomic E-state index is 12.2. The lowest BCUT2D eigenvalue weighted by molar-refractivity contribution is -0.132. The predicted octanol–water partition coefficient (Wildman–Crippen LogP) is 2.50. The van der Waals surface area contributed by atoms with Gasteiger partial charge in [-0.1, -0.05) is 18.2 Å². The SMILES string of the molecule is C[C@@H](Nc1ccccc1)C(=O)N1CCCCC1. The Balaban J connectivity index is 1.90. The van der Waals surface area contributed by atoms with Gasteiger partial charge in [-0.2, -0.15) is 0 Å². The van der Waals surface area contributed by atoms with Gasteiger partial charge in [-0.3, -0.25) is 4.79 Å². The van der Waals surface area contributed by atoms with Gasteiger partial charge in [0.1, 0.15) is 6.04 Å². The van der Waals surface area contributed by atoms with Crippen molar-refractivity contribution in [1.82, 2.24) is 4.90 Å². The van der Waals surface area contributed by atoms with Crippen molar-refractivity contribution in [2.45, 2.75) is 32.2 Å². The van der Waals surface area contributed by atoms with Gasteiger partial charge in [-0.15, -0.1) is 0 Å². The van der Waals surface area contributed by atoms with Crippen molar-refractivity contribution in [3.05, 3.63) is 30.3 Å². The summed E-state index contributed by atoms with van der Waals surface area (Å²) in [4.78, 5) is 14.1. The van der Waals surface area contributed by atoms with Gasteiger partial charge in [0.2, 0.25) is 5.91 Å². The molecule has 1 saturated heterocycles. The number of nitrogens with zero attached hydrogens (tertiary/aromatic N) is 1. The van der Waals surface area contributed by atoms with Crippen LogP contribution in [0.5, 0.6) is 0 Å².